The number of likely N-dealkylation sites (N-methyl/N-ethyl adjacent to an activating group) is 1. The summed E-state index contributed by atoms with van der Waals surface area (Å²) in [6.07, 6.45) is 0. The average Bonchev–Trinajstić information content (AvgIpc) is 3.10. The summed E-state index contributed by atoms with van der Waals surface area (Å²) in [6.45, 7) is 3.98. The lowest BCUT2D eigenvalue weighted by Crippen LogP contribution is -2.37. The fourth-order valence-electron chi connectivity index (χ4n) is 2.63. The van der Waals surface area contributed by atoms with Crippen molar-refractivity contribution in [1.29, 1.82) is 0 Å². The number of benzene rings is 2. The molecule has 1 aromatic heterocycles. The molecule has 0 aliphatic carbocycles. The topological polar surface area (TPSA) is 45.7 Å². The number of nitrogens with zero attached hydrogens (tertiary/aromatic N) is 3. The zero-order chi connectivity index (χ0) is 19.9. The largest absolute Gasteiger partial charge is 0.494 e. The highest BCUT2D eigenvalue weighted by atomic mass is 32.2. The quantitative estimate of drug-likeness (QED) is 0.485. The van der Waals surface area contributed by atoms with Crippen LogP contribution in [0.2, 0.25) is 0 Å². The molecule has 1 heterocycles. The fourth-order valence-corrected chi connectivity index (χ4v) is 4.46. The second kappa shape index (κ2) is 9.91. The van der Waals surface area contributed by atoms with Gasteiger partial charge in [-0.05, 0) is 51.4 Å². The van der Waals surface area contributed by atoms with Crippen molar-refractivity contribution in [3.63, 3.8) is 0 Å². The molecule has 0 bridgehead atoms. The van der Waals surface area contributed by atoms with Crippen molar-refractivity contribution >= 4 is 44.4 Å². The van der Waals surface area contributed by atoms with Gasteiger partial charge in [0.05, 0.1) is 22.6 Å². The number of carbonyl (C=O) groups is 1. The second-order valence-corrected chi connectivity index (χ2v) is 8.57. The molecular formula is C21H25N3O2S2. The zero-order valence-corrected chi connectivity index (χ0v) is 18.1. The maximum atomic E-state index is 13.0. The van der Waals surface area contributed by atoms with E-state index in [-0.39, 0.29) is 5.91 Å². The number of amides is 1. The molecule has 28 heavy (non-hydrogen) atoms. The van der Waals surface area contributed by atoms with Crippen molar-refractivity contribution in [2.24, 2.45) is 0 Å². The van der Waals surface area contributed by atoms with E-state index in [2.05, 4.69) is 4.90 Å². The minimum absolute atomic E-state index is 0.0693. The standard InChI is InChI=1S/C21H25N3O2S2/c1-4-26-16-10-11-18-19(14-16)28-21(22-18)24(13-12-23(2)3)20(25)15-27-17-8-6-5-7-9-17/h5-11,14H,4,12-13,15H2,1-3H3. The summed E-state index contributed by atoms with van der Waals surface area (Å²) in [5.41, 5.74) is 0.891. The summed E-state index contributed by atoms with van der Waals surface area (Å²) in [4.78, 5) is 22.7. The first-order valence-corrected chi connectivity index (χ1v) is 11.0. The van der Waals surface area contributed by atoms with E-state index in [0.717, 1.165) is 32.5 Å². The normalized spacial score (nSPS) is 11.1. The number of hydrogen-bond acceptors (Lipinski definition) is 6. The van der Waals surface area contributed by atoms with E-state index in [1.165, 1.54) is 11.3 Å². The Bertz CT molecular complexity index is 912. The number of thiazole rings is 1. The summed E-state index contributed by atoms with van der Waals surface area (Å²) >= 11 is 3.09. The Hall–Kier alpha value is -2.09. The van der Waals surface area contributed by atoms with Gasteiger partial charge in [0.1, 0.15) is 5.75 Å². The van der Waals surface area contributed by atoms with Gasteiger partial charge in [0.15, 0.2) is 5.13 Å². The van der Waals surface area contributed by atoms with Gasteiger partial charge in [0, 0.05) is 18.0 Å². The molecule has 0 aliphatic rings. The smallest absolute Gasteiger partial charge is 0.239 e. The third-order valence-corrected chi connectivity index (χ3v) is 6.11. The third-order valence-electron chi connectivity index (χ3n) is 4.07. The van der Waals surface area contributed by atoms with Crippen molar-refractivity contribution in [1.82, 2.24) is 9.88 Å². The van der Waals surface area contributed by atoms with Crippen LogP contribution >= 0.6 is 23.1 Å². The van der Waals surface area contributed by atoms with Crippen LogP contribution in [0.1, 0.15) is 6.92 Å². The molecule has 148 valence electrons. The van der Waals surface area contributed by atoms with Crippen LogP contribution in [0, 0.1) is 0 Å². The highest BCUT2D eigenvalue weighted by Gasteiger charge is 2.20. The number of fused-ring (bicyclic) bond motifs is 1. The van der Waals surface area contributed by atoms with E-state index in [1.54, 1.807) is 16.7 Å². The molecule has 5 nitrogen and oxygen atoms in total. The number of anilines is 1. The van der Waals surface area contributed by atoms with E-state index in [0.29, 0.717) is 18.9 Å². The van der Waals surface area contributed by atoms with Crippen LogP contribution in [0.25, 0.3) is 10.2 Å². The summed E-state index contributed by atoms with van der Waals surface area (Å²) in [5.74, 6) is 1.29. The predicted octanol–water partition coefficient (Wildman–Crippen LogP) is 4.38. The summed E-state index contributed by atoms with van der Waals surface area (Å²) in [7, 11) is 4.02. The molecule has 0 atom stereocenters. The van der Waals surface area contributed by atoms with E-state index >= 15 is 0 Å². The summed E-state index contributed by atoms with van der Waals surface area (Å²) < 4.78 is 6.61. The second-order valence-electron chi connectivity index (χ2n) is 6.51. The molecule has 7 heteroatoms. The molecule has 0 fully saturated rings. The Morgan fingerprint density at radius 1 is 1.14 bits per heavy atom. The first kappa shape index (κ1) is 20.6. The summed E-state index contributed by atoms with van der Waals surface area (Å²) in [5, 5.41) is 0.740. The Kier molecular flexibility index (Phi) is 7.30. The predicted molar refractivity (Wildman–Crippen MR) is 119 cm³/mol. The van der Waals surface area contributed by atoms with E-state index in [4.69, 9.17) is 9.72 Å². The number of ether oxygens (including phenoxy) is 1. The summed E-state index contributed by atoms with van der Waals surface area (Å²) in [6, 6.07) is 15.9. The molecule has 0 aliphatic heterocycles. The van der Waals surface area contributed by atoms with Gasteiger partial charge >= 0.3 is 0 Å². The van der Waals surface area contributed by atoms with Crippen LogP contribution in [0.15, 0.2) is 53.4 Å². The molecular weight excluding hydrogens is 390 g/mol. The molecule has 0 radical (unpaired) electrons. The van der Waals surface area contributed by atoms with Crippen molar-refractivity contribution in [3.05, 3.63) is 48.5 Å². The van der Waals surface area contributed by atoms with Crippen molar-refractivity contribution in [3.8, 4) is 5.75 Å². The van der Waals surface area contributed by atoms with Gasteiger partial charge in [-0.3, -0.25) is 9.69 Å². The Morgan fingerprint density at radius 3 is 2.64 bits per heavy atom. The number of carbonyl (C=O) groups excluding carboxylic acids is 1. The first-order valence-electron chi connectivity index (χ1n) is 9.23. The van der Waals surface area contributed by atoms with Crippen LogP contribution in [0.3, 0.4) is 0 Å². The van der Waals surface area contributed by atoms with Crippen LogP contribution in [-0.4, -0.2) is 55.3 Å². The molecule has 0 unspecified atom stereocenters. The lowest BCUT2D eigenvalue weighted by Gasteiger charge is -2.21. The van der Waals surface area contributed by atoms with Gasteiger partial charge in [-0.15, -0.1) is 11.8 Å². The number of thioether (sulfide) groups is 1. The van der Waals surface area contributed by atoms with Crippen molar-refractivity contribution < 1.29 is 9.53 Å². The molecule has 1 amide bonds. The molecule has 0 saturated carbocycles. The monoisotopic (exact) mass is 415 g/mol. The molecule has 3 aromatic rings. The molecule has 0 saturated heterocycles. The van der Waals surface area contributed by atoms with Gasteiger partial charge < -0.3 is 9.64 Å². The van der Waals surface area contributed by atoms with Crippen molar-refractivity contribution in [2.75, 3.05) is 44.4 Å². The SMILES string of the molecule is CCOc1ccc2nc(N(CCN(C)C)C(=O)CSc3ccccc3)sc2c1. The maximum Gasteiger partial charge on any atom is 0.239 e. The highest BCUT2D eigenvalue weighted by Crippen LogP contribution is 2.32. The van der Waals surface area contributed by atoms with Crippen LogP contribution < -0.4 is 9.64 Å². The van der Waals surface area contributed by atoms with Gasteiger partial charge in [-0.2, -0.15) is 0 Å². The van der Waals surface area contributed by atoms with Crippen LogP contribution in [0.5, 0.6) is 5.75 Å². The minimum atomic E-state index is 0.0693. The number of hydrogen-bond donors (Lipinski definition) is 0. The maximum absolute atomic E-state index is 13.0. The van der Waals surface area contributed by atoms with Crippen LogP contribution in [0.4, 0.5) is 5.13 Å². The van der Waals surface area contributed by atoms with Crippen molar-refractivity contribution in [2.45, 2.75) is 11.8 Å². The Labute approximate surface area is 174 Å². The van der Waals surface area contributed by atoms with E-state index in [9.17, 15) is 4.79 Å². The number of rotatable bonds is 9. The van der Waals surface area contributed by atoms with Gasteiger partial charge in [0.25, 0.3) is 0 Å². The lowest BCUT2D eigenvalue weighted by atomic mass is 10.3. The van der Waals surface area contributed by atoms with Gasteiger partial charge in [-0.25, -0.2) is 4.98 Å². The molecule has 0 spiro atoms. The van der Waals surface area contributed by atoms with E-state index in [1.807, 2.05) is 69.6 Å². The van der Waals surface area contributed by atoms with E-state index < -0.39 is 0 Å². The molecule has 0 N–H and O–H groups in total. The molecule has 3 rings (SSSR count). The van der Waals surface area contributed by atoms with Crippen LogP contribution in [-0.2, 0) is 4.79 Å². The minimum Gasteiger partial charge on any atom is -0.494 e. The highest BCUT2D eigenvalue weighted by molar-refractivity contribution is 8.00. The fraction of sp³-hybridized carbons (Fsp3) is 0.333. The first-order chi connectivity index (χ1) is 13.6. The lowest BCUT2D eigenvalue weighted by molar-refractivity contribution is -0.116. The van der Waals surface area contributed by atoms with Gasteiger partial charge in [-0.1, -0.05) is 29.5 Å². The average molecular weight is 416 g/mol. The van der Waals surface area contributed by atoms with Gasteiger partial charge in [0.2, 0.25) is 5.91 Å². The third kappa shape index (κ3) is 5.47. The Balaban J connectivity index is 1.80. The Morgan fingerprint density at radius 2 is 1.93 bits per heavy atom. The molecule has 2 aromatic carbocycles. The number of aromatic nitrogens is 1. The zero-order valence-electron chi connectivity index (χ0n) is 16.4.